The molecular formula is C20H16ClN3O2. The Bertz CT molecular complexity index is 1010. The molecule has 0 aromatic heterocycles. The predicted molar refractivity (Wildman–Crippen MR) is 105 cm³/mol. The molecule has 3 rings (SSSR count). The van der Waals surface area contributed by atoms with Crippen molar-refractivity contribution in [2.75, 3.05) is 5.32 Å². The van der Waals surface area contributed by atoms with Gasteiger partial charge < -0.3 is 5.32 Å². The zero-order valence-electron chi connectivity index (χ0n) is 14.0. The molecule has 0 saturated carbocycles. The van der Waals surface area contributed by atoms with Crippen LogP contribution in [-0.4, -0.2) is 18.0 Å². The topological polar surface area (TPSA) is 70.6 Å². The zero-order chi connectivity index (χ0) is 18.5. The number of nitrogens with zero attached hydrogens (tertiary/aromatic N) is 1. The van der Waals surface area contributed by atoms with E-state index in [1.807, 2.05) is 42.5 Å². The van der Waals surface area contributed by atoms with Crippen molar-refractivity contribution < 1.29 is 9.59 Å². The van der Waals surface area contributed by atoms with Crippen LogP contribution in [0.25, 0.3) is 10.8 Å². The van der Waals surface area contributed by atoms with Crippen LogP contribution in [0.3, 0.4) is 0 Å². The standard InChI is InChI=1S/C20H16ClN3O2/c1-13-17(21)10-5-11-18(13)23-19(25)20(26)24-22-12-15-8-4-7-14-6-2-3-9-16(14)15/h2-12H,1H3,(H,23,25)(H,24,26)/b22-12-. The summed E-state index contributed by atoms with van der Waals surface area (Å²) < 4.78 is 0. The second-order valence-electron chi connectivity index (χ2n) is 5.63. The molecule has 0 radical (unpaired) electrons. The van der Waals surface area contributed by atoms with E-state index in [0.29, 0.717) is 16.3 Å². The van der Waals surface area contributed by atoms with Crippen molar-refractivity contribution in [2.24, 2.45) is 5.10 Å². The molecule has 0 saturated heterocycles. The molecule has 0 heterocycles. The Hall–Kier alpha value is -3.18. The molecule has 0 spiro atoms. The average molecular weight is 366 g/mol. The lowest BCUT2D eigenvalue weighted by atomic mass is 10.1. The fraction of sp³-hybridized carbons (Fsp3) is 0.0500. The number of halogens is 1. The number of hydrazone groups is 1. The number of fused-ring (bicyclic) bond motifs is 1. The first-order chi connectivity index (χ1) is 12.6. The fourth-order valence-electron chi connectivity index (χ4n) is 2.50. The van der Waals surface area contributed by atoms with Crippen LogP contribution >= 0.6 is 11.6 Å². The smallest absolute Gasteiger partial charge is 0.317 e. The summed E-state index contributed by atoms with van der Waals surface area (Å²) in [7, 11) is 0. The highest BCUT2D eigenvalue weighted by molar-refractivity contribution is 6.40. The van der Waals surface area contributed by atoms with E-state index in [0.717, 1.165) is 16.3 Å². The number of amides is 2. The molecule has 5 nitrogen and oxygen atoms in total. The second-order valence-corrected chi connectivity index (χ2v) is 6.04. The van der Waals surface area contributed by atoms with Gasteiger partial charge in [0.15, 0.2) is 0 Å². The summed E-state index contributed by atoms with van der Waals surface area (Å²) in [5.74, 6) is -1.67. The fourth-order valence-corrected chi connectivity index (χ4v) is 2.67. The van der Waals surface area contributed by atoms with Gasteiger partial charge in [-0.3, -0.25) is 9.59 Å². The maximum Gasteiger partial charge on any atom is 0.329 e. The molecular weight excluding hydrogens is 350 g/mol. The average Bonchev–Trinajstić information content (AvgIpc) is 2.65. The molecule has 0 unspecified atom stereocenters. The number of hydrogen-bond donors (Lipinski definition) is 2. The predicted octanol–water partition coefficient (Wildman–Crippen LogP) is 3.89. The molecule has 3 aromatic carbocycles. The maximum absolute atomic E-state index is 12.0. The van der Waals surface area contributed by atoms with E-state index in [-0.39, 0.29) is 0 Å². The van der Waals surface area contributed by atoms with E-state index < -0.39 is 11.8 Å². The summed E-state index contributed by atoms with van der Waals surface area (Å²) in [6, 6.07) is 18.7. The van der Waals surface area contributed by atoms with E-state index in [2.05, 4.69) is 15.8 Å². The van der Waals surface area contributed by atoms with Gasteiger partial charge in [-0.1, -0.05) is 60.1 Å². The number of nitrogens with one attached hydrogen (secondary N) is 2. The van der Waals surface area contributed by atoms with Gasteiger partial charge in [0.25, 0.3) is 0 Å². The van der Waals surface area contributed by atoms with E-state index in [4.69, 9.17) is 11.6 Å². The highest BCUT2D eigenvalue weighted by Crippen LogP contribution is 2.22. The minimum atomic E-state index is -0.860. The molecule has 0 aliphatic rings. The van der Waals surface area contributed by atoms with Crippen molar-refractivity contribution in [3.63, 3.8) is 0 Å². The van der Waals surface area contributed by atoms with Gasteiger partial charge in [0, 0.05) is 16.3 Å². The molecule has 0 aliphatic carbocycles. The molecule has 130 valence electrons. The normalized spacial score (nSPS) is 10.8. The van der Waals surface area contributed by atoms with Crippen molar-refractivity contribution in [3.05, 3.63) is 76.8 Å². The SMILES string of the molecule is Cc1c(Cl)cccc1NC(=O)C(=O)N/N=C\c1cccc2ccccc12. The Balaban J connectivity index is 1.67. The molecule has 26 heavy (non-hydrogen) atoms. The van der Waals surface area contributed by atoms with Crippen molar-refractivity contribution in [3.8, 4) is 0 Å². The molecule has 0 fully saturated rings. The summed E-state index contributed by atoms with van der Waals surface area (Å²) in [6.07, 6.45) is 1.51. The van der Waals surface area contributed by atoms with E-state index >= 15 is 0 Å². The second kappa shape index (κ2) is 7.80. The molecule has 2 N–H and O–H groups in total. The first kappa shape index (κ1) is 17.6. The molecule has 6 heteroatoms. The summed E-state index contributed by atoms with van der Waals surface area (Å²) in [5.41, 5.74) is 4.25. The van der Waals surface area contributed by atoms with Gasteiger partial charge in [-0.2, -0.15) is 5.10 Å². The Labute approximate surface area is 155 Å². The lowest BCUT2D eigenvalue weighted by Crippen LogP contribution is -2.32. The van der Waals surface area contributed by atoms with E-state index in [1.165, 1.54) is 6.21 Å². The maximum atomic E-state index is 12.0. The van der Waals surface area contributed by atoms with Gasteiger partial charge in [-0.05, 0) is 35.4 Å². The van der Waals surface area contributed by atoms with Crippen LogP contribution in [0.15, 0.2) is 65.8 Å². The number of anilines is 1. The van der Waals surface area contributed by atoms with Gasteiger partial charge in [-0.25, -0.2) is 5.43 Å². The van der Waals surface area contributed by atoms with E-state index in [1.54, 1.807) is 25.1 Å². The number of benzene rings is 3. The van der Waals surface area contributed by atoms with Crippen molar-refractivity contribution in [1.29, 1.82) is 0 Å². The first-order valence-corrected chi connectivity index (χ1v) is 8.31. The summed E-state index contributed by atoms with van der Waals surface area (Å²) in [4.78, 5) is 23.9. The van der Waals surface area contributed by atoms with Gasteiger partial charge in [0.05, 0.1) is 6.21 Å². The first-order valence-electron chi connectivity index (χ1n) is 7.93. The summed E-state index contributed by atoms with van der Waals surface area (Å²) in [6.45, 7) is 1.76. The highest BCUT2D eigenvalue weighted by atomic mass is 35.5. The lowest BCUT2D eigenvalue weighted by Gasteiger charge is -2.08. The van der Waals surface area contributed by atoms with Gasteiger partial charge in [-0.15, -0.1) is 0 Å². The van der Waals surface area contributed by atoms with Crippen molar-refractivity contribution in [1.82, 2.24) is 5.43 Å². The lowest BCUT2D eigenvalue weighted by molar-refractivity contribution is -0.136. The Morgan fingerprint density at radius 2 is 1.69 bits per heavy atom. The van der Waals surface area contributed by atoms with Crippen LogP contribution in [0.4, 0.5) is 5.69 Å². The van der Waals surface area contributed by atoms with Gasteiger partial charge >= 0.3 is 11.8 Å². The molecule has 0 atom stereocenters. The third kappa shape index (κ3) is 3.90. The molecule has 3 aromatic rings. The molecule has 2 amide bonds. The van der Waals surface area contributed by atoms with Crippen LogP contribution in [0.5, 0.6) is 0 Å². The Morgan fingerprint density at radius 1 is 0.962 bits per heavy atom. The minimum Gasteiger partial charge on any atom is -0.317 e. The highest BCUT2D eigenvalue weighted by Gasteiger charge is 2.14. The summed E-state index contributed by atoms with van der Waals surface area (Å²) in [5, 5.41) is 8.99. The largest absolute Gasteiger partial charge is 0.329 e. The number of carbonyl (C=O) groups excluding carboxylic acids is 2. The van der Waals surface area contributed by atoms with Crippen molar-refractivity contribution >= 4 is 46.1 Å². The summed E-state index contributed by atoms with van der Waals surface area (Å²) >= 11 is 6.00. The van der Waals surface area contributed by atoms with Crippen LogP contribution in [0.2, 0.25) is 5.02 Å². The minimum absolute atomic E-state index is 0.482. The van der Waals surface area contributed by atoms with Gasteiger partial charge in [0.1, 0.15) is 0 Å². The molecule has 0 bridgehead atoms. The van der Waals surface area contributed by atoms with Gasteiger partial charge in [0.2, 0.25) is 0 Å². The molecule has 0 aliphatic heterocycles. The van der Waals surface area contributed by atoms with Crippen LogP contribution in [0, 0.1) is 6.92 Å². The zero-order valence-corrected chi connectivity index (χ0v) is 14.7. The Morgan fingerprint density at radius 3 is 2.54 bits per heavy atom. The Kier molecular flexibility index (Phi) is 5.29. The van der Waals surface area contributed by atoms with Crippen LogP contribution in [-0.2, 0) is 9.59 Å². The third-order valence-corrected chi connectivity index (χ3v) is 4.32. The number of rotatable bonds is 3. The van der Waals surface area contributed by atoms with Crippen molar-refractivity contribution in [2.45, 2.75) is 6.92 Å². The number of hydrogen-bond acceptors (Lipinski definition) is 3. The van der Waals surface area contributed by atoms with E-state index in [9.17, 15) is 9.59 Å². The van der Waals surface area contributed by atoms with Crippen LogP contribution < -0.4 is 10.7 Å². The number of carbonyl (C=O) groups is 2. The third-order valence-electron chi connectivity index (χ3n) is 3.92. The monoisotopic (exact) mass is 365 g/mol. The quantitative estimate of drug-likeness (QED) is 0.420. The van der Waals surface area contributed by atoms with Crippen LogP contribution in [0.1, 0.15) is 11.1 Å².